The lowest BCUT2D eigenvalue weighted by molar-refractivity contribution is -0.384. The van der Waals surface area contributed by atoms with E-state index in [1.54, 1.807) is 24.3 Å². The summed E-state index contributed by atoms with van der Waals surface area (Å²) in [6, 6.07) is 10.4. The van der Waals surface area contributed by atoms with Gasteiger partial charge in [-0.25, -0.2) is 0 Å². The van der Waals surface area contributed by atoms with Crippen molar-refractivity contribution >= 4 is 28.9 Å². The number of carbonyl (C=O) groups is 1. The van der Waals surface area contributed by atoms with E-state index in [0.717, 1.165) is 0 Å². The molecule has 0 saturated carbocycles. The second kappa shape index (κ2) is 6.23. The zero-order chi connectivity index (χ0) is 15.4. The molecule has 108 valence electrons. The van der Waals surface area contributed by atoms with Crippen LogP contribution in [-0.4, -0.2) is 17.9 Å². The van der Waals surface area contributed by atoms with Crippen LogP contribution in [0.2, 0.25) is 5.02 Å². The lowest BCUT2D eigenvalue weighted by Crippen LogP contribution is -2.12. The normalized spacial score (nSPS) is 10.0. The molecule has 0 aromatic heterocycles. The van der Waals surface area contributed by atoms with E-state index in [1.807, 2.05) is 0 Å². The molecule has 0 atom stereocenters. The number of hydrogen-bond acceptors (Lipinski definition) is 4. The van der Waals surface area contributed by atoms with Gasteiger partial charge in [0.25, 0.3) is 11.6 Å². The Kier molecular flexibility index (Phi) is 4.39. The molecule has 2 rings (SSSR count). The van der Waals surface area contributed by atoms with Gasteiger partial charge in [0, 0.05) is 17.7 Å². The Labute approximate surface area is 125 Å². The molecule has 21 heavy (non-hydrogen) atoms. The van der Waals surface area contributed by atoms with Crippen LogP contribution in [0.1, 0.15) is 10.4 Å². The topological polar surface area (TPSA) is 81.5 Å². The van der Waals surface area contributed by atoms with E-state index in [2.05, 4.69) is 5.32 Å². The maximum absolute atomic E-state index is 12.0. The number of methoxy groups -OCH3 is 1. The van der Waals surface area contributed by atoms with Crippen molar-refractivity contribution in [3.8, 4) is 5.75 Å². The molecule has 0 radical (unpaired) electrons. The molecular weight excluding hydrogens is 296 g/mol. The molecule has 6 nitrogen and oxygen atoms in total. The Bertz CT molecular complexity index is 686. The minimum atomic E-state index is -0.555. The molecule has 0 unspecified atom stereocenters. The van der Waals surface area contributed by atoms with Crippen LogP contribution in [0.3, 0.4) is 0 Å². The first-order valence-electron chi connectivity index (χ1n) is 5.90. The highest BCUT2D eigenvalue weighted by Crippen LogP contribution is 2.27. The summed E-state index contributed by atoms with van der Waals surface area (Å²) in [5, 5.41) is 13.3. The summed E-state index contributed by atoms with van der Waals surface area (Å²) in [7, 11) is 1.53. The molecule has 0 spiro atoms. The van der Waals surface area contributed by atoms with Crippen molar-refractivity contribution in [3.05, 3.63) is 63.2 Å². The van der Waals surface area contributed by atoms with Gasteiger partial charge in [-0.2, -0.15) is 0 Å². The van der Waals surface area contributed by atoms with Crippen molar-refractivity contribution in [2.45, 2.75) is 0 Å². The first-order chi connectivity index (χ1) is 10.0. The van der Waals surface area contributed by atoms with Gasteiger partial charge in [-0.1, -0.05) is 11.6 Å². The maximum Gasteiger partial charge on any atom is 0.271 e. The van der Waals surface area contributed by atoms with E-state index in [1.165, 1.54) is 25.3 Å². The number of nitrogens with zero attached hydrogens (tertiary/aromatic N) is 1. The lowest BCUT2D eigenvalue weighted by atomic mass is 10.2. The summed E-state index contributed by atoms with van der Waals surface area (Å²) in [5.41, 5.74) is 0.593. The standard InChI is InChI=1S/C14H11ClN2O4/c1-21-11-5-2-9(3-6-11)14(18)16-13-7-4-10(17(19)20)8-12(13)15/h2-8H,1H3,(H,16,18). The first-order valence-corrected chi connectivity index (χ1v) is 6.28. The van der Waals surface area contributed by atoms with E-state index in [0.29, 0.717) is 17.0 Å². The number of nitro groups is 1. The molecule has 0 saturated heterocycles. The third-order valence-electron chi connectivity index (χ3n) is 2.76. The van der Waals surface area contributed by atoms with Gasteiger partial charge in [0.1, 0.15) is 5.75 Å². The number of benzene rings is 2. The Balaban J connectivity index is 2.17. The number of halogens is 1. The Morgan fingerprint density at radius 3 is 2.43 bits per heavy atom. The summed E-state index contributed by atoms with van der Waals surface area (Å²) < 4.78 is 5.01. The minimum Gasteiger partial charge on any atom is -0.497 e. The fourth-order valence-electron chi connectivity index (χ4n) is 1.66. The van der Waals surface area contributed by atoms with Crippen molar-refractivity contribution < 1.29 is 14.5 Å². The Hall–Kier alpha value is -2.60. The zero-order valence-corrected chi connectivity index (χ0v) is 11.8. The van der Waals surface area contributed by atoms with Gasteiger partial charge in [0.15, 0.2) is 0 Å². The summed E-state index contributed by atoms with van der Waals surface area (Å²) in [6.07, 6.45) is 0. The van der Waals surface area contributed by atoms with Gasteiger partial charge in [0.2, 0.25) is 0 Å². The van der Waals surface area contributed by atoms with E-state index < -0.39 is 4.92 Å². The molecule has 0 fully saturated rings. The van der Waals surface area contributed by atoms with Crippen LogP contribution in [0.25, 0.3) is 0 Å². The number of ether oxygens (including phenoxy) is 1. The SMILES string of the molecule is COc1ccc(C(=O)Nc2ccc([N+](=O)[O-])cc2Cl)cc1. The third-order valence-corrected chi connectivity index (χ3v) is 3.08. The molecule has 1 amide bonds. The zero-order valence-electron chi connectivity index (χ0n) is 11.0. The molecular formula is C14H11ClN2O4. The van der Waals surface area contributed by atoms with Crippen LogP contribution >= 0.6 is 11.6 Å². The molecule has 0 bridgehead atoms. The first kappa shape index (κ1) is 14.8. The highest BCUT2D eigenvalue weighted by atomic mass is 35.5. The number of non-ortho nitro benzene ring substituents is 1. The van der Waals surface area contributed by atoms with E-state index >= 15 is 0 Å². The van der Waals surface area contributed by atoms with Gasteiger partial charge < -0.3 is 10.1 Å². The second-order valence-corrected chi connectivity index (χ2v) is 4.51. The van der Waals surface area contributed by atoms with E-state index in [-0.39, 0.29) is 16.6 Å². The molecule has 1 N–H and O–H groups in total. The van der Waals surface area contributed by atoms with Crippen LogP contribution in [-0.2, 0) is 0 Å². The number of hydrogen-bond donors (Lipinski definition) is 1. The maximum atomic E-state index is 12.0. The minimum absolute atomic E-state index is 0.103. The second-order valence-electron chi connectivity index (χ2n) is 4.10. The number of anilines is 1. The average molecular weight is 307 g/mol. The van der Waals surface area contributed by atoms with Gasteiger partial charge in [-0.15, -0.1) is 0 Å². The molecule has 2 aromatic rings. The third kappa shape index (κ3) is 3.49. The van der Waals surface area contributed by atoms with Crippen molar-refractivity contribution in [1.29, 1.82) is 0 Å². The smallest absolute Gasteiger partial charge is 0.271 e. The number of rotatable bonds is 4. The highest BCUT2D eigenvalue weighted by molar-refractivity contribution is 6.34. The Morgan fingerprint density at radius 2 is 1.90 bits per heavy atom. The molecule has 0 aliphatic carbocycles. The number of amides is 1. The van der Waals surface area contributed by atoms with Crippen LogP contribution < -0.4 is 10.1 Å². The molecule has 0 aliphatic rings. The highest BCUT2D eigenvalue weighted by Gasteiger charge is 2.12. The van der Waals surface area contributed by atoms with Crippen LogP contribution in [0, 0.1) is 10.1 Å². The molecule has 2 aromatic carbocycles. The van der Waals surface area contributed by atoms with Crippen molar-refractivity contribution in [2.75, 3.05) is 12.4 Å². The largest absolute Gasteiger partial charge is 0.497 e. The van der Waals surface area contributed by atoms with Crippen LogP contribution in [0.4, 0.5) is 11.4 Å². The van der Waals surface area contributed by atoms with Crippen LogP contribution in [0.5, 0.6) is 5.75 Å². The fraction of sp³-hybridized carbons (Fsp3) is 0.0714. The quantitative estimate of drug-likeness (QED) is 0.692. The predicted molar refractivity (Wildman–Crippen MR) is 79.1 cm³/mol. The van der Waals surface area contributed by atoms with Gasteiger partial charge in [0.05, 0.1) is 22.7 Å². The van der Waals surface area contributed by atoms with E-state index in [9.17, 15) is 14.9 Å². The fourth-order valence-corrected chi connectivity index (χ4v) is 1.88. The van der Waals surface area contributed by atoms with Crippen molar-refractivity contribution in [1.82, 2.24) is 0 Å². The predicted octanol–water partition coefficient (Wildman–Crippen LogP) is 3.51. The Morgan fingerprint density at radius 1 is 1.24 bits per heavy atom. The van der Waals surface area contributed by atoms with Gasteiger partial charge in [-0.3, -0.25) is 14.9 Å². The number of nitro benzene ring substituents is 1. The van der Waals surface area contributed by atoms with Gasteiger partial charge >= 0.3 is 0 Å². The summed E-state index contributed by atoms with van der Waals surface area (Å²) in [6.45, 7) is 0. The number of carbonyl (C=O) groups excluding carboxylic acids is 1. The van der Waals surface area contributed by atoms with Crippen LogP contribution in [0.15, 0.2) is 42.5 Å². The summed E-state index contributed by atoms with van der Waals surface area (Å²) in [5.74, 6) is 0.272. The average Bonchev–Trinajstić information content (AvgIpc) is 2.49. The molecule has 0 heterocycles. The monoisotopic (exact) mass is 306 g/mol. The molecule has 0 aliphatic heterocycles. The summed E-state index contributed by atoms with van der Waals surface area (Å²) in [4.78, 5) is 22.1. The molecule has 7 heteroatoms. The van der Waals surface area contributed by atoms with Gasteiger partial charge in [-0.05, 0) is 30.3 Å². The van der Waals surface area contributed by atoms with Crippen molar-refractivity contribution in [2.24, 2.45) is 0 Å². The van der Waals surface area contributed by atoms with Crippen molar-refractivity contribution in [3.63, 3.8) is 0 Å². The van der Waals surface area contributed by atoms with E-state index in [4.69, 9.17) is 16.3 Å². The lowest BCUT2D eigenvalue weighted by Gasteiger charge is -2.07. The number of nitrogens with one attached hydrogen (secondary N) is 1. The summed E-state index contributed by atoms with van der Waals surface area (Å²) >= 11 is 5.91.